The maximum Gasteiger partial charge on any atom is 0.262 e. The third-order valence-corrected chi connectivity index (χ3v) is 6.33. The minimum absolute atomic E-state index is 0.0902. The zero-order valence-electron chi connectivity index (χ0n) is 15.5. The molecule has 0 radical (unpaired) electrons. The van der Waals surface area contributed by atoms with Crippen molar-refractivity contribution in [1.82, 2.24) is 9.55 Å². The van der Waals surface area contributed by atoms with Crippen LogP contribution in [0, 0.1) is 19.8 Å². The van der Waals surface area contributed by atoms with E-state index in [1.54, 1.807) is 15.9 Å². The molecule has 0 amide bonds. The molecule has 0 saturated heterocycles. The van der Waals surface area contributed by atoms with E-state index < -0.39 is 0 Å². The molecule has 0 fully saturated rings. The van der Waals surface area contributed by atoms with Gasteiger partial charge in [0.15, 0.2) is 0 Å². The third kappa shape index (κ3) is 3.16. The first-order valence-corrected chi connectivity index (χ1v) is 10.1. The van der Waals surface area contributed by atoms with E-state index in [1.807, 2.05) is 38.1 Å². The van der Waals surface area contributed by atoms with E-state index in [0.717, 1.165) is 46.6 Å². The predicted molar refractivity (Wildman–Crippen MR) is 106 cm³/mol. The summed E-state index contributed by atoms with van der Waals surface area (Å²) in [5.74, 6) is 2.30. The Labute approximate surface area is 157 Å². The van der Waals surface area contributed by atoms with Crippen LogP contribution >= 0.6 is 11.3 Å². The monoisotopic (exact) mass is 368 g/mol. The zero-order chi connectivity index (χ0) is 18.3. The highest BCUT2D eigenvalue weighted by molar-refractivity contribution is 7.18. The van der Waals surface area contributed by atoms with Gasteiger partial charge in [-0.2, -0.15) is 0 Å². The first-order chi connectivity index (χ1) is 12.5. The quantitative estimate of drug-likeness (QED) is 0.690. The largest absolute Gasteiger partial charge is 0.492 e. The molecule has 1 aliphatic carbocycles. The fourth-order valence-electron chi connectivity index (χ4n) is 3.75. The number of ether oxygens (including phenoxy) is 1. The molecule has 5 heteroatoms. The Bertz CT molecular complexity index is 1020. The summed E-state index contributed by atoms with van der Waals surface area (Å²) in [6.07, 6.45) is 3.23. The fraction of sp³-hybridized carbons (Fsp3) is 0.429. The second-order valence-electron chi connectivity index (χ2n) is 7.31. The summed E-state index contributed by atoms with van der Waals surface area (Å²) in [5.41, 5.74) is 2.50. The maximum absolute atomic E-state index is 13.1. The highest BCUT2D eigenvalue weighted by atomic mass is 32.1. The van der Waals surface area contributed by atoms with Crippen molar-refractivity contribution in [3.63, 3.8) is 0 Å². The number of hydrogen-bond acceptors (Lipinski definition) is 4. The second-order valence-corrected chi connectivity index (χ2v) is 8.40. The number of fused-ring (bicyclic) bond motifs is 3. The Morgan fingerprint density at radius 2 is 2.19 bits per heavy atom. The zero-order valence-corrected chi connectivity index (χ0v) is 16.4. The Hall–Kier alpha value is -2.14. The third-order valence-electron chi connectivity index (χ3n) is 5.18. The summed E-state index contributed by atoms with van der Waals surface area (Å²) in [6, 6.07) is 7.97. The maximum atomic E-state index is 13.1. The van der Waals surface area contributed by atoms with Gasteiger partial charge in [0.25, 0.3) is 5.56 Å². The van der Waals surface area contributed by atoms with Crippen LogP contribution in [0.4, 0.5) is 0 Å². The lowest BCUT2D eigenvalue weighted by molar-refractivity contribution is 0.294. The molecule has 0 bridgehead atoms. The van der Waals surface area contributed by atoms with Crippen LogP contribution in [0.3, 0.4) is 0 Å². The van der Waals surface area contributed by atoms with E-state index in [9.17, 15) is 4.79 Å². The first kappa shape index (κ1) is 17.3. The van der Waals surface area contributed by atoms with Crippen molar-refractivity contribution in [3.8, 4) is 5.75 Å². The van der Waals surface area contributed by atoms with E-state index in [2.05, 4.69) is 6.92 Å². The number of rotatable bonds is 4. The minimum Gasteiger partial charge on any atom is -0.492 e. The van der Waals surface area contributed by atoms with E-state index >= 15 is 0 Å². The van der Waals surface area contributed by atoms with Gasteiger partial charge in [0.2, 0.25) is 0 Å². The summed E-state index contributed by atoms with van der Waals surface area (Å²) in [7, 11) is 0. The molecule has 26 heavy (non-hydrogen) atoms. The van der Waals surface area contributed by atoms with Crippen LogP contribution in [0.1, 0.15) is 35.2 Å². The lowest BCUT2D eigenvalue weighted by atomic mass is 9.89. The molecule has 0 aliphatic heterocycles. The van der Waals surface area contributed by atoms with Crippen molar-refractivity contribution < 1.29 is 4.74 Å². The molecule has 1 aromatic carbocycles. The Balaban J connectivity index is 1.62. The molecule has 1 aliphatic rings. The van der Waals surface area contributed by atoms with Gasteiger partial charge in [-0.25, -0.2) is 4.98 Å². The molecule has 0 saturated carbocycles. The molecular formula is C21H24N2O2S. The van der Waals surface area contributed by atoms with E-state index in [-0.39, 0.29) is 5.56 Å². The fourth-order valence-corrected chi connectivity index (χ4v) is 5.17. The summed E-state index contributed by atoms with van der Waals surface area (Å²) in [6.45, 7) is 7.21. The van der Waals surface area contributed by atoms with Gasteiger partial charge in [-0.15, -0.1) is 11.3 Å². The Morgan fingerprint density at radius 3 is 3.00 bits per heavy atom. The predicted octanol–water partition coefficient (Wildman–Crippen LogP) is 4.28. The molecule has 3 aromatic rings. The van der Waals surface area contributed by atoms with Gasteiger partial charge in [-0.1, -0.05) is 19.1 Å². The smallest absolute Gasteiger partial charge is 0.262 e. The van der Waals surface area contributed by atoms with Crippen molar-refractivity contribution in [2.75, 3.05) is 6.61 Å². The van der Waals surface area contributed by atoms with Crippen LogP contribution in [0.15, 0.2) is 29.1 Å². The van der Waals surface area contributed by atoms with E-state index in [4.69, 9.17) is 9.72 Å². The first-order valence-electron chi connectivity index (χ1n) is 9.24. The van der Waals surface area contributed by atoms with Crippen molar-refractivity contribution in [3.05, 3.63) is 56.4 Å². The molecule has 0 N–H and O–H groups in total. The highest BCUT2D eigenvalue weighted by Gasteiger charge is 2.23. The highest BCUT2D eigenvalue weighted by Crippen LogP contribution is 2.35. The SMILES string of the molecule is Cc1cccc(OCCn2c(C)nc3sc4c(c3c2=O)CCC(C)C4)c1. The lowest BCUT2D eigenvalue weighted by Gasteiger charge is -2.17. The number of hydrogen-bond donors (Lipinski definition) is 0. The minimum atomic E-state index is 0.0902. The second kappa shape index (κ2) is 6.88. The Kier molecular flexibility index (Phi) is 4.57. The molecule has 1 atom stereocenters. The number of aromatic nitrogens is 2. The standard InChI is InChI=1S/C21H24N2O2S/c1-13-5-4-6-16(11-13)25-10-9-23-15(3)22-20-19(21(23)24)17-8-7-14(2)12-18(17)26-20/h4-6,11,14H,7-10,12H2,1-3H3. The molecule has 0 spiro atoms. The van der Waals surface area contributed by atoms with Crippen molar-refractivity contribution in [2.24, 2.45) is 5.92 Å². The number of nitrogens with zero attached hydrogens (tertiary/aromatic N) is 2. The normalized spacial score (nSPS) is 16.7. The van der Waals surface area contributed by atoms with Crippen molar-refractivity contribution in [2.45, 2.75) is 46.6 Å². The van der Waals surface area contributed by atoms with E-state index in [1.165, 1.54) is 10.4 Å². The molecule has 2 aromatic heterocycles. The van der Waals surface area contributed by atoms with Crippen LogP contribution in [0.5, 0.6) is 5.75 Å². The number of aryl methyl sites for hydroxylation is 3. The summed E-state index contributed by atoms with van der Waals surface area (Å²) in [5, 5.41) is 0.845. The molecular weight excluding hydrogens is 344 g/mol. The van der Waals surface area contributed by atoms with Gasteiger partial charge >= 0.3 is 0 Å². The molecule has 4 rings (SSSR count). The van der Waals surface area contributed by atoms with E-state index in [0.29, 0.717) is 19.1 Å². The van der Waals surface area contributed by atoms with Crippen molar-refractivity contribution in [1.29, 1.82) is 0 Å². The summed E-state index contributed by atoms with van der Waals surface area (Å²) >= 11 is 1.71. The van der Waals surface area contributed by atoms with Crippen LogP contribution in [-0.2, 0) is 19.4 Å². The lowest BCUT2D eigenvalue weighted by Crippen LogP contribution is -2.27. The van der Waals surface area contributed by atoms with Gasteiger partial charge in [-0.05, 0) is 62.3 Å². The van der Waals surface area contributed by atoms with Crippen LogP contribution in [0.2, 0.25) is 0 Å². The van der Waals surface area contributed by atoms with Crippen LogP contribution in [-0.4, -0.2) is 16.2 Å². The van der Waals surface area contributed by atoms with Crippen molar-refractivity contribution >= 4 is 21.6 Å². The van der Waals surface area contributed by atoms with Gasteiger partial charge in [0.1, 0.15) is 23.0 Å². The average molecular weight is 369 g/mol. The number of benzene rings is 1. The summed E-state index contributed by atoms with van der Waals surface area (Å²) < 4.78 is 7.60. The number of thiophene rings is 1. The molecule has 1 unspecified atom stereocenters. The average Bonchev–Trinajstić information content (AvgIpc) is 2.95. The van der Waals surface area contributed by atoms with Crippen LogP contribution < -0.4 is 10.3 Å². The molecule has 136 valence electrons. The van der Waals surface area contributed by atoms with Gasteiger partial charge in [0, 0.05) is 4.88 Å². The summed E-state index contributed by atoms with van der Waals surface area (Å²) in [4.78, 5) is 20.1. The van der Waals surface area contributed by atoms with Gasteiger partial charge < -0.3 is 4.74 Å². The van der Waals surface area contributed by atoms with Gasteiger partial charge in [-0.3, -0.25) is 9.36 Å². The molecule has 2 heterocycles. The Morgan fingerprint density at radius 1 is 1.35 bits per heavy atom. The van der Waals surface area contributed by atoms with Crippen LogP contribution in [0.25, 0.3) is 10.2 Å². The topological polar surface area (TPSA) is 44.1 Å². The molecule has 4 nitrogen and oxygen atoms in total. The van der Waals surface area contributed by atoms with Gasteiger partial charge in [0.05, 0.1) is 11.9 Å².